The van der Waals surface area contributed by atoms with Crippen LogP contribution in [0.3, 0.4) is 0 Å². The lowest BCUT2D eigenvalue weighted by Crippen LogP contribution is -2.42. The van der Waals surface area contributed by atoms with Gasteiger partial charge in [0.25, 0.3) is 0 Å². The molecule has 0 aliphatic carbocycles. The number of amides is 2. The van der Waals surface area contributed by atoms with Crippen LogP contribution in [0.2, 0.25) is 0 Å². The summed E-state index contributed by atoms with van der Waals surface area (Å²) in [6.45, 7) is 5.96. The molecule has 0 aliphatic rings. The quantitative estimate of drug-likeness (QED) is 0.452. The fourth-order valence-electron chi connectivity index (χ4n) is 2.57. The zero-order valence-corrected chi connectivity index (χ0v) is 15.1. The first-order chi connectivity index (χ1) is 11.9. The molecule has 0 aliphatic heterocycles. The van der Waals surface area contributed by atoms with E-state index in [0.29, 0.717) is 19.4 Å². The molecule has 0 bridgehead atoms. The van der Waals surface area contributed by atoms with Crippen molar-refractivity contribution < 1.29 is 19.6 Å². The molecule has 3 atom stereocenters. The SMILES string of the molecule is CC(=O)NCCC(C)NC(=O)C(C)C(CONO)Cc1ccccc1. The van der Waals surface area contributed by atoms with Crippen molar-refractivity contribution in [3.63, 3.8) is 0 Å². The number of hydrogen-bond donors (Lipinski definition) is 4. The summed E-state index contributed by atoms with van der Waals surface area (Å²) < 4.78 is 0. The molecule has 0 saturated carbocycles. The summed E-state index contributed by atoms with van der Waals surface area (Å²) in [5, 5.41) is 14.4. The molecule has 0 heterocycles. The van der Waals surface area contributed by atoms with Gasteiger partial charge in [-0.05, 0) is 31.2 Å². The maximum Gasteiger partial charge on any atom is 0.223 e. The number of nitrogens with one attached hydrogen (secondary N) is 3. The molecule has 3 unspecified atom stereocenters. The molecule has 0 saturated heterocycles. The minimum Gasteiger partial charge on any atom is -0.356 e. The summed E-state index contributed by atoms with van der Waals surface area (Å²) in [5.41, 5.74) is 2.79. The van der Waals surface area contributed by atoms with E-state index < -0.39 is 0 Å². The molecule has 1 rings (SSSR count). The van der Waals surface area contributed by atoms with Gasteiger partial charge in [0, 0.05) is 25.4 Å². The van der Waals surface area contributed by atoms with Gasteiger partial charge in [0.05, 0.1) is 6.61 Å². The van der Waals surface area contributed by atoms with Crippen LogP contribution in [0.1, 0.15) is 32.8 Å². The summed E-state index contributed by atoms with van der Waals surface area (Å²) in [5.74, 6) is -0.539. The molecule has 0 aromatic heterocycles. The van der Waals surface area contributed by atoms with Crippen molar-refractivity contribution >= 4 is 11.8 Å². The average Bonchev–Trinajstić information content (AvgIpc) is 2.58. The minimum atomic E-state index is -0.295. The fraction of sp³-hybridized carbons (Fsp3) is 0.556. The second-order valence-corrected chi connectivity index (χ2v) is 6.32. The van der Waals surface area contributed by atoms with E-state index in [1.165, 1.54) is 6.92 Å². The molecule has 7 nitrogen and oxygen atoms in total. The predicted octanol–water partition coefficient (Wildman–Crippen LogP) is 1.42. The van der Waals surface area contributed by atoms with Crippen LogP contribution >= 0.6 is 0 Å². The fourth-order valence-corrected chi connectivity index (χ4v) is 2.57. The molecule has 4 N–H and O–H groups in total. The Bertz CT molecular complexity index is 524. The van der Waals surface area contributed by atoms with Crippen LogP contribution < -0.4 is 16.3 Å². The van der Waals surface area contributed by atoms with E-state index in [-0.39, 0.29) is 36.3 Å². The minimum absolute atomic E-state index is 0.0453. The van der Waals surface area contributed by atoms with Crippen LogP contribution in [0, 0.1) is 11.8 Å². The maximum absolute atomic E-state index is 12.5. The van der Waals surface area contributed by atoms with Gasteiger partial charge in [-0.15, -0.1) is 0 Å². The van der Waals surface area contributed by atoms with E-state index in [2.05, 4.69) is 10.6 Å². The predicted molar refractivity (Wildman–Crippen MR) is 94.6 cm³/mol. The van der Waals surface area contributed by atoms with Gasteiger partial charge in [-0.3, -0.25) is 19.6 Å². The van der Waals surface area contributed by atoms with Crippen LogP contribution in [0.25, 0.3) is 0 Å². The number of rotatable bonds is 11. The summed E-state index contributed by atoms with van der Waals surface area (Å²) in [6, 6.07) is 9.80. The van der Waals surface area contributed by atoms with E-state index in [0.717, 1.165) is 5.56 Å². The van der Waals surface area contributed by atoms with Gasteiger partial charge >= 0.3 is 0 Å². The Balaban J connectivity index is 2.57. The molecule has 0 spiro atoms. The van der Waals surface area contributed by atoms with Crippen LogP contribution in [0.4, 0.5) is 0 Å². The lowest BCUT2D eigenvalue weighted by molar-refractivity contribution is -0.146. The van der Waals surface area contributed by atoms with Gasteiger partial charge in [-0.2, -0.15) is 0 Å². The van der Waals surface area contributed by atoms with Crippen molar-refractivity contribution in [2.45, 2.75) is 39.7 Å². The second kappa shape index (κ2) is 11.6. The highest BCUT2D eigenvalue weighted by atomic mass is 16.8. The highest BCUT2D eigenvalue weighted by molar-refractivity contribution is 5.79. The molecular formula is C18H29N3O4. The maximum atomic E-state index is 12.5. The molecule has 0 fully saturated rings. The van der Waals surface area contributed by atoms with Gasteiger partial charge in [0.2, 0.25) is 11.8 Å². The zero-order chi connectivity index (χ0) is 18.7. The van der Waals surface area contributed by atoms with E-state index in [1.807, 2.05) is 44.2 Å². The normalized spacial score (nSPS) is 14.4. The monoisotopic (exact) mass is 351 g/mol. The first-order valence-electron chi connectivity index (χ1n) is 8.53. The first kappa shape index (κ1) is 21.1. The average molecular weight is 351 g/mol. The standard InChI is InChI=1S/C18H29N3O4/c1-13(9-10-19-15(3)22)20-18(23)14(2)17(12-25-21-24)11-16-7-5-4-6-8-16/h4-8,13-14,17,21,24H,9-12H2,1-3H3,(H,19,22)(H,20,23). The Morgan fingerprint density at radius 1 is 1.20 bits per heavy atom. The van der Waals surface area contributed by atoms with Crippen LogP contribution in [0.15, 0.2) is 30.3 Å². The lowest BCUT2D eigenvalue weighted by Gasteiger charge is -2.25. The number of hydrogen-bond acceptors (Lipinski definition) is 5. The van der Waals surface area contributed by atoms with Crippen molar-refractivity contribution in [1.82, 2.24) is 16.3 Å². The van der Waals surface area contributed by atoms with Crippen LogP contribution in [0.5, 0.6) is 0 Å². The Labute approximate surface area is 149 Å². The van der Waals surface area contributed by atoms with E-state index in [4.69, 9.17) is 10.0 Å². The number of carbonyl (C=O) groups excluding carboxylic acids is 2. The molecule has 1 aromatic rings. The Morgan fingerprint density at radius 2 is 1.88 bits per heavy atom. The van der Waals surface area contributed by atoms with Gasteiger partial charge < -0.3 is 10.6 Å². The zero-order valence-electron chi connectivity index (χ0n) is 15.1. The van der Waals surface area contributed by atoms with Crippen LogP contribution in [-0.2, 0) is 20.8 Å². The molecule has 1 aromatic carbocycles. The molecule has 140 valence electrons. The van der Waals surface area contributed by atoms with Gasteiger partial charge in [0.1, 0.15) is 0 Å². The van der Waals surface area contributed by atoms with Crippen molar-refractivity contribution in [3.8, 4) is 0 Å². The summed E-state index contributed by atoms with van der Waals surface area (Å²) in [7, 11) is 0. The smallest absolute Gasteiger partial charge is 0.223 e. The molecule has 0 radical (unpaired) electrons. The second-order valence-electron chi connectivity index (χ2n) is 6.32. The van der Waals surface area contributed by atoms with Crippen molar-refractivity contribution in [3.05, 3.63) is 35.9 Å². The topological polar surface area (TPSA) is 99.7 Å². The highest BCUT2D eigenvalue weighted by Crippen LogP contribution is 2.19. The number of carbonyl (C=O) groups is 2. The van der Waals surface area contributed by atoms with Crippen molar-refractivity contribution in [2.75, 3.05) is 13.2 Å². The third kappa shape index (κ3) is 8.62. The van der Waals surface area contributed by atoms with Crippen molar-refractivity contribution in [2.24, 2.45) is 11.8 Å². The first-order valence-corrected chi connectivity index (χ1v) is 8.53. The van der Waals surface area contributed by atoms with Gasteiger partial charge in [0.15, 0.2) is 0 Å². The largest absolute Gasteiger partial charge is 0.356 e. The molecule has 2 amide bonds. The summed E-state index contributed by atoms with van der Waals surface area (Å²) in [4.78, 5) is 28.3. The molecule has 25 heavy (non-hydrogen) atoms. The molecular weight excluding hydrogens is 322 g/mol. The third-order valence-electron chi connectivity index (χ3n) is 4.16. The number of benzene rings is 1. The van der Waals surface area contributed by atoms with E-state index in [1.54, 1.807) is 5.64 Å². The lowest BCUT2D eigenvalue weighted by atomic mass is 9.87. The third-order valence-corrected chi connectivity index (χ3v) is 4.16. The summed E-state index contributed by atoms with van der Waals surface area (Å²) >= 11 is 0. The highest BCUT2D eigenvalue weighted by Gasteiger charge is 2.25. The van der Waals surface area contributed by atoms with E-state index >= 15 is 0 Å². The summed E-state index contributed by atoms with van der Waals surface area (Å²) in [6.07, 6.45) is 1.33. The Hall–Kier alpha value is -1.96. The van der Waals surface area contributed by atoms with Crippen molar-refractivity contribution in [1.29, 1.82) is 0 Å². The molecule has 7 heteroatoms. The van der Waals surface area contributed by atoms with Gasteiger partial charge in [-0.1, -0.05) is 42.9 Å². The Morgan fingerprint density at radius 3 is 2.48 bits per heavy atom. The van der Waals surface area contributed by atoms with Gasteiger partial charge in [-0.25, -0.2) is 0 Å². The van der Waals surface area contributed by atoms with Crippen LogP contribution in [-0.4, -0.2) is 36.2 Å². The van der Waals surface area contributed by atoms with E-state index in [9.17, 15) is 9.59 Å². The Kier molecular flexibility index (Phi) is 9.76.